The molecule has 1 fully saturated rings. The number of anilines is 1. The molecule has 0 unspecified atom stereocenters. The van der Waals surface area contributed by atoms with E-state index in [1.807, 2.05) is 35.3 Å². The molecule has 1 heterocycles. The maximum atomic E-state index is 12.7. The number of nitrogens with one attached hydrogen (secondary N) is 1. The molecule has 1 saturated heterocycles. The fourth-order valence-electron chi connectivity index (χ4n) is 5.01. The average Bonchev–Trinajstić information content (AvgIpc) is 3.02. The summed E-state index contributed by atoms with van der Waals surface area (Å²) in [6.07, 6.45) is 13.2. The maximum absolute atomic E-state index is 12.7. The van der Waals surface area contributed by atoms with Crippen LogP contribution in [0.25, 0.3) is 6.08 Å². The molecule has 1 aliphatic rings. The van der Waals surface area contributed by atoms with E-state index in [1.165, 1.54) is 44.6 Å². The standard InChI is InChI=1S/C33H49N3O6/c1-6-7-8-9-10-11-12-13-22-42-33-30(40-4)23-26(24-31(33)41-5)14-17-32(37)34-36-20-18-35(19-21-36)27-15-16-28(38-2)29(25-27)39-3/h14-17,23-25H,6-13,18-22H2,1-5H3,(H,34,37). The molecule has 0 aromatic heterocycles. The number of amides is 1. The number of hydrogen-bond acceptors (Lipinski definition) is 8. The van der Waals surface area contributed by atoms with Gasteiger partial charge in [0.2, 0.25) is 5.75 Å². The topological polar surface area (TPSA) is 81.7 Å². The van der Waals surface area contributed by atoms with E-state index in [9.17, 15) is 4.79 Å². The first-order chi connectivity index (χ1) is 20.5. The summed E-state index contributed by atoms with van der Waals surface area (Å²) in [6.45, 7) is 5.79. The molecule has 2 aromatic rings. The van der Waals surface area contributed by atoms with Crippen LogP contribution in [0.15, 0.2) is 36.4 Å². The van der Waals surface area contributed by atoms with E-state index in [0.717, 1.165) is 37.2 Å². The number of piperazine rings is 1. The van der Waals surface area contributed by atoms with Crippen molar-refractivity contribution in [1.29, 1.82) is 0 Å². The number of nitrogens with zero attached hydrogens (tertiary/aromatic N) is 2. The molecule has 0 saturated carbocycles. The second kappa shape index (κ2) is 18.1. The molecule has 0 atom stereocenters. The van der Waals surface area contributed by atoms with Crippen LogP contribution >= 0.6 is 0 Å². The van der Waals surface area contributed by atoms with E-state index in [4.69, 9.17) is 23.7 Å². The van der Waals surface area contributed by atoms with Gasteiger partial charge < -0.3 is 28.6 Å². The van der Waals surface area contributed by atoms with Crippen molar-refractivity contribution in [2.75, 3.05) is 66.1 Å². The van der Waals surface area contributed by atoms with Crippen LogP contribution in [0, 0.1) is 0 Å². The molecular formula is C33H49N3O6. The Morgan fingerprint density at radius 1 is 0.762 bits per heavy atom. The van der Waals surface area contributed by atoms with E-state index >= 15 is 0 Å². The van der Waals surface area contributed by atoms with Gasteiger partial charge in [0.05, 0.1) is 35.0 Å². The normalized spacial score (nSPS) is 13.7. The van der Waals surface area contributed by atoms with E-state index in [-0.39, 0.29) is 5.91 Å². The van der Waals surface area contributed by atoms with Gasteiger partial charge in [0.1, 0.15) is 0 Å². The zero-order chi connectivity index (χ0) is 30.2. The van der Waals surface area contributed by atoms with Crippen LogP contribution in [0.4, 0.5) is 5.69 Å². The van der Waals surface area contributed by atoms with E-state index in [0.29, 0.717) is 48.4 Å². The molecule has 0 radical (unpaired) electrons. The zero-order valence-electron chi connectivity index (χ0n) is 26.1. The Labute approximate surface area is 251 Å². The van der Waals surface area contributed by atoms with Gasteiger partial charge in [-0.15, -0.1) is 0 Å². The lowest BCUT2D eigenvalue weighted by Crippen LogP contribution is -2.53. The number of benzene rings is 2. The fourth-order valence-corrected chi connectivity index (χ4v) is 5.01. The number of hydrazine groups is 1. The van der Waals surface area contributed by atoms with Gasteiger partial charge >= 0.3 is 0 Å². The van der Waals surface area contributed by atoms with Crippen LogP contribution < -0.4 is 34.0 Å². The summed E-state index contributed by atoms with van der Waals surface area (Å²) in [7, 11) is 6.48. The molecule has 9 heteroatoms. The van der Waals surface area contributed by atoms with E-state index in [1.54, 1.807) is 34.5 Å². The number of methoxy groups -OCH3 is 4. The monoisotopic (exact) mass is 583 g/mol. The summed E-state index contributed by atoms with van der Waals surface area (Å²) in [4.78, 5) is 15.0. The number of rotatable bonds is 18. The molecule has 2 aromatic carbocycles. The lowest BCUT2D eigenvalue weighted by atomic mass is 10.1. The first kappa shape index (κ1) is 32.9. The fraction of sp³-hybridized carbons (Fsp3) is 0.545. The van der Waals surface area contributed by atoms with Crippen molar-refractivity contribution >= 4 is 17.7 Å². The Balaban J connectivity index is 1.47. The van der Waals surface area contributed by atoms with Gasteiger partial charge in [0, 0.05) is 44.0 Å². The molecule has 232 valence electrons. The summed E-state index contributed by atoms with van der Waals surface area (Å²) < 4.78 is 28.0. The Morgan fingerprint density at radius 3 is 1.95 bits per heavy atom. The number of ether oxygens (including phenoxy) is 5. The number of unbranched alkanes of at least 4 members (excludes halogenated alkanes) is 7. The highest BCUT2D eigenvalue weighted by atomic mass is 16.5. The first-order valence-corrected chi connectivity index (χ1v) is 15.1. The van der Waals surface area contributed by atoms with Gasteiger partial charge in [-0.1, -0.05) is 51.9 Å². The van der Waals surface area contributed by atoms with Crippen molar-refractivity contribution in [1.82, 2.24) is 10.4 Å². The van der Waals surface area contributed by atoms with Crippen LogP contribution in [0.3, 0.4) is 0 Å². The highest BCUT2D eigenvalue weighted by Crippen LogP contribution is 2.39. The van der Waals surface area contributed by atoms with E-state index in [2.05, 4.69) is 17.2 Å². The third-order valence-electron chi connectivity index (χ3n) is 7.43. The first-order valence-electron chi connectivity index (χ1n) is 15.1. The maximum Gasteiger partial charge on any atom is 0.258 e. The Kier molecular flexibility index (Phi) is 14.2. The zero-order valence-corrected chi connectivity index (χ0v) is 26.1. The highest BCUT2D eigenvalue weighted by molar-refractivity contribution is 5.91. The predicted octanol–water partition coefficient (Wildman–Crippen LogP) is 6.11. The number of carbonyl (C=O) groups excluding carboxylic acids is 1. The minimum Gasteiger partial charge on any atom is -0.493 e. The van der Waals surface area contributed by atoms with Gasteiger partial charge in [-0.25, -0.2) is 5.01 Å². The Bertz CT molecular complexity index is 1110. The summed E-state index contributed by atoms with van der Waals surface area (Å²) in [5.74, 6) is 2.97. The second-order valence-electron chi connectivity index (χ2n) is 10.4. The van der Waals surface area contributed by atoms with Crippen LogP contribution in [-0.4, -0.2) is 72.1 Å². The van der Waals surface area contributed by atoms with Gasteiger partial charge in [0.25, 0.3) is 5.91 Å². The van der Waals surface area contributed by atoms with Gasteiger partial charge in [0.15, 0.2) is 23.0 Å². The largest absolute Gasteiger partial charge is 0.493 e. The third kappa shape index (κ3) is 10.0. The van der Waals surface area contributed by atoms with Gasteiger partial charge in [-0.2, -0.15) is 0 Å². The highest BCUT2D eigenvalue weighted by Gasteiger charge is 2.19. The third-order valence-corrected chi connectivity index (χ3v) is 7.43. The van der Waals surface area contributed by atoms with Crippen LogP contribution in [0.2, 0.25) is 0 Å². The van der Waals surface area contributed by atoms with Crippen LogP contribution in [0.5, 0.6) is 28.7 Å². The smallest absolute Gasteiger partial charge is 0.258 e. The minimum atomic E-state index is -0.192. The minimum absolute atomic E-state index is 0.192. The van der Waals surface area contributed by atoms with Crippen molar-refractivity contribution in [2.24, 2.45) is 0 Å². The lowest BCUT2D eigenvalue weighted by Gasteiger charge is -2.36. The molecule has 1 aliphatic heterocycles. The van der Waals surface area contributed by atoms with Crippen molar-refractivity contribution < 1.29 is 28.5 Å². The van der Waals surface area contributed by atoms with Gasteiger partial charge in [-0.05, 0) is 42.3 Å². The molecule has 0 aliphatic carbocycles. The van der Waals surface area contributed by atoms with Crippen molar-refractivity contribution in [3.63, 3.8) is 0 Å². The lowest BCUT2D eigenvalue weighted by molar-refractivity contribution is -0.121. The molecule has 1 amide bonds. The summed E-state index contributed by atoms with van der Waals surface area (Å²) >= 11 is 0. The molecule has 9 nitrogen and oxygen atoms in total. The molecule has 3 rings (SSSR count). The summed E-state index contributed by atoms with van der Waals surface area (Å²) in [5, 5.41) is 1.94. The van der Waals surface area contributed by atoms with Crippen LogP contribution in [0.1, 0.15) is 63.9 Å². The molecular weight excluding hydrogens is 534 g/mol. The number of carbonyl (C=O) groups is 1. The SMILES string of the molecule is CCCCCCCCCCOc1c(OC)cc(C=CC(=O)NN2CCN(c3ccc(OC)c(OC)c3)CC2)cc1OC. The van der Waals surface area contributed by atoms with Crippen molar-refractivity contribution in [2.45, 2.75) is 58.3 Å². The Morgan fingerprint density at radius 2 is 1.36 bits per heavy atom. The van der Waals surface area contributed by atoms with E-state index < -0.39 is 0 Å². The summed E-state index contributed by atoms with van der Waals surface area (Å²) in [5.41, 5.74) is 4.83. The number of hydrogen-bond donors (Lipinski definition) is 1. The Hall–Kier alpha value is -3.59. The molecule has 42 heavy (non-hydrogen) atoms. The molecule has 0 spiro atoms. The second-order valence-corrected chi connectivity index (χ2v) is 10.4. The summed E-state index contributed by atoms with van der Waals surface area (Å²) in [6, 6.07) is 9.63. The molecule has 1 N–H and O–H groups in total. The van der Waals surface area contributed by atoms with Gasteiger partial charge in [-0.3, -0.25) is 10.2 Å². The van der Waals surface area contributed by atoms with Crippen molar-refractivity contribution in [3.05, 3.63) is 42.0 Å². The molecule has 0 bridgehead atoms. The van der Waals surface area contributed by atoms with Crippen molar-refractivity contribution in [3.8, 4) is 28.7 Å². The van der Waals surface area contributed by atoms with Crippen LogP contribution in [-0.2, 0) is 4.79 Å². The predicted molar refractivity (Wildman–Crippen MR) is 168 cm³/mol. The average molecular weight is 584 g/mol. The quantitative estimate of drug-likeness (QED) is 0.166.